The van der Waals surface area contributed by atoms with Crippen molar-refractivity contribution in [3.8, 4) is 17.2 Å². The maximum atomic E-state index is 13.6. The SMILES string of the molecule is COc1cc(Nc2nc3ccccc3nc2NS(=O)(=O)c2cccc(NC(=O)c3ccccc3OC)c2)cc(OC)c1. The number of aromatic nitrogens is 2. The van der Waals surface area contributed by atoms with E-state index in [1.54, 1.807) is 66.7 Å². The summed E-state index contributed by atoms with van der Waals surface area (Å²) < 4.78 is 45.6. The van der Waals surface area contributed by atoms with Gasteiger partial charge in [0.05, 0.1) is 42.8 Å². The monoisotopic (exact) mass is 585 g/mol. The van der Waals surface area contributed by atoms with Gasteiger partial charge >= 0.3 is 0 Å². The summed E-state index contributed by atoms with van der Waals surface area (Å²) in [6, 6.07) is 24.8. The molecule has 0 unspecified atom stereocenters. The van der Waals surface area contributed by atoms with Crippen LogP contribution in [-0.4, -0.2) is 45.6 Å². The van der Waals surface area contributed by atoms with Gasteiger partial charge in [-0.05, 0) is 42.5 Å². The van der Waals surface area contributed by atoms with E-state index in [4.69, 9.17) is 14.2 Å². The maximum Gasteiger partial charge on any atom is 0.263 e. The third-order valence-corrected chi connectivity index (χ3v) is 7.51. The molecule has 3 N–H and O–H groups in total. The van der Waals surface area contributed by atoms with E-state index in [0.717, 1.165) is 0 Å². The summed E-state index contributed by atoms with van der Waals surface area (Å²) in [4.78, 5) is 21.9. The fourth-order valence-electron chi connectivity index (χ4n) is 4.13. The van der Waals surface area contributed by atoms with Crippen molar-refractivity contribution in [3.63, 3.8) is 0 Å². The molecular formula is C30H27N5O6S. The number of nitrogens with zero attached hydrogens (tertiary/aromatic N) is 2. The van der Waals surface area contributed by atoms with E-state index < -0.39 is 15.9 Å². The zero-order valence-electron chi connectivity index (χ0n) is 22.9. The smallest absolute Gasteiger partial charge is 0.263 e. The highest BCUT2D eigenvalue weighted by Crippen LogP contribution is 2.32. The molecule has 1 amide bonds. The average molecular weight is 586 g/mol. The number of rotatable bonds is 10. The van der Waals surface area contributed by atoms with Gasteiger partial charge < -0.3 is 24.8 Å². The number of fused-ring (bicyclic) bond motifs is 1. The quantitative estimate of drug-likeness (QED) is 0.195. The lowest BCUT2D eigenvalue weighted by atomic mass is 10.2. The zero-order chi connectivity index (χ0) is 29.7. The van der Waals surface area contributed by atoms with E-state index in [0.29, 0.717) is 39.5 Å². The van der Waals surface area contributed by atoms with Crippen LogP contribution in [0.3, 0.4) is 0 Å². The topological polar surface area (TPSA) is 141 Å². The van der Waals surface area contributed by atoms with Crippen LogP contribution >= 0.6 is 0 Å². The second-order valence-electron chi connectivity index (χ2n) is 8.92. The second-order valence-corrected chi connectivity index (χ2v) is 10.6. The Balaban J connectivity index is 1.47. The number of carbonyl (C=O) groups excluding carboxylic acids is 1. The normalized spacial score (nSPS) is 11.0. The number of para-hydroxylation sites is 3. The molecule has 0 radical (unpaired) electrons. The minimum Gasteiger partial charge on any atom is -0.497 e. The van der Waals surface area contributed by atoms with Crippen molar-refractivity contribution in [3.05, 3.63) is 96.6 Å². The fourth-order valence-corrected chi connectivity index (χ4v) is 5.19. The van der Waals surface area contributed by atoms with Gasteiger partial charge in [0, 0.05) is 29.6 Å². The van der Waals surface area contributed by atoms with Gasteiger partial charge in [0.15, 0.2) is 11.6 Å². The van der Waals surface area contributed by atoms with Gasteiger partial charge in [0.25, 0.3) is 15.9 Å². The van der Waals surface area contributed by atoms with Gasteiger partial charge in [-0.25, -0.2) is 18.4 Å². The van der Waals surface area contributed by atoms with Crippen molar-refractivity contribution in [2.75, 3.05) is 36.7 Å². The Bertz CT molecular complexity index is 1860. The first kappa shape index (κ1) is 28.2. The lowest BCUT2D eigenvalue weighted by molar-refractivity contribution is 0.102. The number of anilines is 4. The molecule has 0 aliphatic heterocycles. The van der Waals surface area contributed by atoms with Gasteiger partial charge in [-0.15, -0.1) is 0 Å². The van der Waals surface area contributed by atoms with Gasteiger partial charge in [0.1, 0.15) is 17.2 Å². The zero-order valence-corrected chi connectivity index (χ0v) is 23.7. The van der Waals surface area contributed by atoms with Crippen molar-refractivity contribution >= 4 is 50.0 Å². The van der Waals surface area contributed by atoms with Crippen LogP contribution in [0.5, 0.6) is 17.2 Å². The molecule has 4 aromatic carbocycles. The number of hydrogen-bond acceptors (Lipinski definition) is 9. The minimum atomic E-state index is -4.18. The molecule has 12 heteroatoms. The first-order valence-electron chi connectivity index (χ1n) is 12.6. The van der Waals surface area contributed by atoms with E-state index in [1.807, 2.05) is 6.07 Å². The summed E-state index contributed by atoms with van der Waals surface area (Å²) in [5, 5.41) is 5.85. The van der Waals surface area contributed by atoms with E-state index in [-0.39, 0.29) is 22.2 Å². The van der Waals surface area contributed by atoms with E-state index >= 15 is 0 Å². The fraction of sp³-hybridized carbons (Fsp3) is 0.100. The Morgan fingerprint density at radius 1 is 0.690 bits per heavy atom. The van der Waals surface area contributed by atoms with E-state index in [9.17, 15) is 13.2 Å². The van der Waals surface area contributed by atoms with Crippen molar-refractivity contribution in [1.29, 1.82) is 0 Å². The van der Waals surface area contributed by atoms with E-state index in [1.165, 1.54) is 39.5 Å². The van der Waals surface area contributed by atoms with E-state index in [2.05, 4.69) is 25.3 Å². The van der Waals surface area contributed by atoms with Crippen LogP contribution in [0.2, 0.25) is 0 Å². The van der Waals surface area contributed by atoms with Crippen LogP contribution in [0.15, 0.2) is 95.9 Å². The Labute approximate surface area is 242 Å². The molecule has 0 fully saturated rings. The molecule has 0 atom stereocenters. The first-order valence-corrected chi connectivity index (χ1v) is 14.1. The molecule has 0 aliphatic rings. The summed E-state index contributed by atoms with van der Waals surface area (Å²) in [5.74, 6) is 1.13. The molecule has 5 aromatic rings. The molecule has 5 rings (SSSR count). The van der Waals surface area contributed by atoms with Crippen LogP contribution in [0.1, 0.15) is 10.4 Å². The maximum absolute atomic E-state index is 13.6. The summed E-state index contributed by atoms with van der Waals surface area (Å²) >= 11 is 0. The molecule has 0 aliphatic carbocycles. The molecule has 214 valence electrons. The summed E-state index contributed by atoms with van der Waals surface area (Å²) in [6.45, 7) is 0. The molecule has 0 saturated heterocycles. The second kappa shape index (κ2) is 12.0. The Hall–Kier alpha value is -5.36. The Morgan fingerprint density at radius 2 is 1.33 bits per heavy atom. The molecule has 0 spiro atoms. The third-order valence-electron chi connectivity index (χ3n) is 6.17. The minimum absolute atomic E-state index is 0.0288. The number of benzene rings is 4. The number of methoxy groups -OCH3 is 3. The number of amides is 1. The third kappa shape index (κ3) is 6.18. The van der Waals surface area contributed by atoms with Crippen molar-refractivity contribution < 1.29 is 27.4 Å². The number of carbonyl (C=O) groups is 1. The molecule has 42 heavy (non-hydrogen) atoms. The summed E-state index contributed by atoms with van der Waals surface area (Å²) in [5.41, 5.74) is 2.17. The van der Waals surface area contributed by atoms with Gasteiger partial charge in [-0.1, -0.05) is 30.3 Å². The molecule has 0 bridgehead atoms. The van der Waals surface area contributed by atoms with Crippen LogP contribution < -0.4 is 29.6 Å². The van der Waals surface area contributed by atoms with Crippen molar-refractivity contribution in [2.45, 2.75) is 4.90 Å². The average Bonchev–Trinajstić information content (AvgIpc) is 3.01. The predicted molar refractivity (Wildman–Crippen MR) is 161 cm³/mol. The number of sulfonamides is 1. The molecule has 0 saturated carbocycles. The molecule has 1 heterocycles. The van der Waals surface area contributed by atoms with Gasteiger partial charge in [-0.2, -0.15) is 0 Å². The summed E-state index contributed by atoms with van der Waals surface area (Å²) in [6.07, 6.45) is 0. The van der Waals surface area contributed by atoms with Crippen LogP contribution in [0.4, 0.5) is 23.0 Å². The predicted octanol–water partition coefficient (Wildman–Crippen LogP) is 5.45. The Morgan fingerprint density at radius 3 is 2.00 bits per heavy atom. The van der Waals surface area contributed by atoms with Crippen molar-refractivity contribution in [2.24, 2.45) is 0 Å². The Kier molecular flexibility index (Phi) is 8.07. The molecular weight excluding hydrogens is 558 g/mol. The highest BCUT2D eigenvalue weighted by molar-refractivity contribution is 7.92. The number of hydrogen-bond donors (Lipinski definition) is 3. The largest absolute Gasteiger partial charge is 0.497 e. The van der Waals surface area contributed by atoms with Gasteiger partial charge in [0.2, 0.25) is 0 Å². The highest BCUT2D eigenvalue weighted by Gasteiger charge is 2.21. The lowest BCUT2D eigenvalue weighted by Gasteiger charge is -2.15. The standard InChI is InChI=1S/C30H27N5O6S/c1-39-21-15-20(16-22(18-21)40-2)31-28-29(34-26-13-6-5-12-25(26)33-28)35-42(37,38)23-10-8-9-19(17-23)32-30(36)24-11-4-7-14-27(24)41-3/h4-18H,1-3H3,(H,31,33)(H,32,36)(H,34,35). The molecule has 1 aromatic heterocycles. The lowest BCUT2D eigenvalue weighted by Crippen LogP contribution is -2.17. The molecule has 11 nitrogen and oxygen atoms in total. The number of ether oxygens (including phenoxy) is 3. The van der Waals surface area contributed by atoms with Crippen LogP contribution in [0.25, 0.3) is 11.0 Å². The van der Waals surface area contributed by atoms with Crippen molar-refractivity contribution in [1.82, 2.24) is 9.97 Å². The first-order chi connectivity index (χ1) is 20.3. The van der Waals surface area contributed by atoms with Gasteiger partial charge in [-0.3, -0.25) is 9.52 Å². The summed E-state index contributed by atoms with van der Waals surface area (Å²) in [7, 11) is 0.348. The number of nitrogens with one attached hydrogen (secondary N) is 3. The van der Waals surface area contributed by atoms with Crippen LogP contribution in [-0.2, 0) is 10.0 Å². The van der Waals surface area contributed by atoms with Crippen LogP contribution in [0, 0.1) is 0 Å². The highest BCUT2D eigenvalue weighted by atomic mass is 32.2.